The number of aromatic hydroxyl groups is 1. The standard InChI is InChI=1S/C25H29N3O5/c1-13-12-14-7-9-25(2,3)24(23(14)33-13)28-19-18(21(30)22(19)31)27-15-8-10-26-17(20(15)29)16-6-4-5-11-32-16/h8,10,12,16,24,28-29H,4-7,9,11H2,1-3H3,(H,26,27). The van der Waals surface area contributed by atoms with Crippen molar-refractivity contribution in [2.75, 3.05) is 17.2 Å². The van der Waals surface area contributed by atoms with Gasteiger partial charge in [0.15, 0.2) is 5.75 Å². The number of nitrogens with zero attached hydrogens (tertiary/aromatic N) is 1. The van der Waals surface area contributed by atoms with Crippen LogP contribution < -0.4 is 21.5 Å². The maximum Gasteiger partial charge on any atom is 0.253 e. The molecular weight excluding hydrogens is 422 g/mol. The SMILES string of the molecule is Cc1cc2c(o1)C(Nc1c(Nc3ccnc(C4CCCCO4)c3O)c(=O)c1=O)C(C)(C)CC2. The first kappa shape index (κ1) is 21.7. The molecule has 0 spiro atoms. The number of rotatable bonds is 5. The van der Waals surface area contributed by atoms with E-state index < -0.39 is 10.9 Å². The molecule has 2 aliphatic rings. The van der Waals surface area contributed by atoms with Crippen molar-refractivity contribution in [1.29, 1.82) is 0 Å². The van der Waals surface area contributed by atoms with Gasteiger partial charge in [0.1, 0.15) is 34.7 Å². The van der Waals surface area contributed by atoms with Crippen molar-refractivity contribution in [2.24, 2.45) is 5.41 Å². The third-order valence-electron chi connectivity index (χ3n) is 6.94. The molecule has 0 saturated carbocycles. The van der Waals surface area contributed by atoms with E-state index in [1.807, 2.05) is 13.0 Å². The van der Waals surface area contributed by atoms with Crippen molar-refractivity contribution >= 4 is 17.1 Å². The number of pyridine rings is 1. The van der Waals surface area contributed by atoms with Crippen LogP contribution in [0, 0.1) is 12.3 Å². The van der Waals surface area contributed by atoms with Gasteiger partial charge in [0, 0.05) is 12.8 Å². The van der Waals surface area contributed by atoms with Crippen molar-refractivity contribution in [3.05, 3.63) is 61.6 Å². The van der Waals surface area contributed by atoms with Gasteiger partial charge in [-0.05, 0) is 62.1 Å². The number of furan rings is 1. The first-order valence-corrected chi connectivity index (χ1v) is 11.5. The molecule has 1 saturated heterocycles. The Labute approximate surface area is 191 Å². The first-order chi connectivity index (χ1) is 15.8. The maximum atomic E-state index is 12.5. The molecule has 2 aromatic heterocycles. The van der Waals surface area contributed by atoms with Gasteiger partial charge in [-0.15, -0.1) is 0 Å². The minimum Gasteiger partial charge on any atom is -0.504 e. The van der Waals surface area contributed by atoms with Gasteiger partial charge in [-0.1, -0.05) is 13.8 Å². The lowest BCUT2D eigenvalue weighted by Crippen LogP contribution is -2.41. The normalized spacial score (nSPS) is 22.2. The number of fused-ring (bicyclic) bond motifs is 1. The highest BCUT2D eigenvalue weighted by molar-refractivity contribution is 5.81. The minimum atomic E-state index is -0.617. The van der Waals surface area contributed by atoms with Crippen LogP contribution in [0.1, 0.15) is 74.5 Å². The van der Waals surface area contributed by atoms with Crippen molar-refractivity contribution in [3.8, 4) is 5.75 Å². The summed E-state index contributed by atoms with van der Waals surface area (Å²) in [7, 11) is 0. The van der Waals surface area contributed by atoms with Crippen molar-refractivity contribution in [2.45, 2.75) is 65.0 Å². The highest BCUT2D eigenvalue weighted by Gasteiger charge is 2.40. The average molecular weight is 452 g/mol. The third kappa shape index (κ3) is 3.72. The van der Waals surface area contributed by atoms with E-state index in [0.29, 0.717) is 18.0 Å². The van der Waals surface area contributed by atoms with Crippen LogP contribution in [0.2, 0.25) is 0 Å². The summed E-state index contributed by atoms with van der Waals surface area (Å²) in [6.07, 6.45) is 5.88. The molecule has 0 amide bonds. The summed E-state index contributed by atoms with van der Waals surface area (Å²) in [6, 6.07) is 3.36. The number of aromatic nitrogens is 1. The fourth-order valence-electron chi connectivity index (χ4n) is 4.93. The lowest BCUT2D eigenvalue weighted by molar-refractivity contribution is 0.0109. The first-order valence-electron chi connectivity index (χ1n) is 11.5. The second-order valence-electron chi connectivity index (χ2n) is 9.79. The molecule has 1 fully saturated rings. The molecule has 8 heteroatoms. The van der Waals surface area contributed by atoms with Crippen LogP contribution >= 0.6 is 0 Å². The quantitative estimate of drug-likeness (QED) is 0.489. The second kappa shape index (κ2) is 8.02. The summed E-state index contributed by atoms with van der Waals surface area (Å²) in [5, 5.41) is 17.1. The molecule has 8 nitrogen and oxygen atoms in total. The topological polar surface area (TPSA) is 114 Å². The molecule has 2 unspecified atom stereocenters. The van der Waals surface area contributed by atoms with E-state index in [1.165, 1.54) is 0 Å². The lowest BCUT2D eigenvalue weighted by Gasteiger charge is -2.38. The third-order valence-corrected chi connectivity index (χ3v) is 6.94. The summed E-state index contributed by atoms with van der Waals surface area (Å²) in [6.45, 7) is 6.78. The number of ether oxygens (including phenoxy) is 1. The van der Waals surface area contributed by atoms with Crippen molar-refractivity contribution in [1.82, 2.24) is 4.98 Å². The predicted octanol–water partition coefficient (Wildman–Crippen LogP) is 4.40. The van der Waals surface area contributed by atoms with Crippen LogP contribution in [-0.2, 0) is 11.2 Å². The molecule has 5 rings (SSSR count). The van der Waals surface area contributed by atoms with Crippen LogP contribution in [-0.4, -0.2) is 16.7 Å². The van der Waals surface area contributed by atoms with Crippen LogP contribution in [0.25, 0.3) is 0 Å². The summed E-state index contributed by atoms with van der Waals surface area (Å²) >= 11 is 0. The highest BCUT2D eigenvalue weighted by Crippen LogP contribution is 2.47. The van der Waals surface area contributed by atoms with Gasteiger partial charge >= 0.3 is 0 Å². The molecule has 1 aliphatic carbocycles. The zero-order valence-electron chi connectivity index (χ0n) is 19.2. The predicted molar refractivity (Wildman–Crippen MR) is 125 cm³/mol. The second-order valence-corrected chi connectivity index (χ2v) is 9.79. The van der Waals surface area contributed by atoms with Gasteiger partial charge in [0.2, 0.25) is 0 Å². The molecule has 1 aliphatic heterocycles. The van der Waals surface area contributed by atoms with Crippen LogP contribution in [0.3, 0.4) is 0 Å². The zero-order chi connectivity index (χ0) is 23.3. The monoisotopic (exact) mass is 451 g/mol. The lowest BCUT2D eigenvalue weighted by atomic mass is 9.73. The molecule has 3 aromatic rings. The van der Waals surface area contributed by atoms with E-state index in [9.17, 15) is 14.7 Å². The van der Waals surface area contributed by atoms with E-state index in [4.69, 9.17) is 9.15 Å². The molecule has 2 atom stereocenters. The molecule has 1 aromatic carbocycles. The van der Waals surface area contributed by atoms with Gasteiger partial charge < -0.3 is 24.9 Å². The number of hydrogen-bond donors (Lipinski definition) is 3. The fourth-order valence-corrected chi connectivity index (χ4v) is 4.93. The largest absolute Gasteiger partial charge is 0.504 e. The Morgan fingerprint density at radius 2 is 1.97 bits per heavy atom. The van der Waals surface area contributed by atoms with E-state index in [2.05, 4.69) is 29.5 Å². The molecular formula is C25H29N3O5. The highest BCUT2D eigenvalue weighted by atomic mass is 16.5. The Morgan fingerprint density at radius 3 is 2.73 bits per heavy atom. The maximum absolute atomic E-state index is 12.5. The molecule has 174 valence electrons. The summed E-state index contributed by atoms with van der Waals surface area (Å²) in [4.78, 5) is 29.3. The van der Waals surface area contributed by atoms with Gasteiger partial charge in [-0.25, -0.2) is 0 Å². The number of nitrogens with one attached hydrogen (secondary N) is 2. The fraction of sp³-hybridized carbons (Fsp3) is 0.480. The Morgan fingerprint density at radius 1 is 1.18 bits per heavy atom. The van der Waals surface area contributed by atoms with Crippen molar-refractivity contribution in [3.63, 3.8) is 0 Å². The number of aryl methyl sites for hydroxylation is 2. The van der Waals surface area contributed by atoms with Crippen LogP contribution in [0.15, 0.2) is 32.3 Å². The molecule has 33 heavy (non-hydrogen) atoms. The van der Waals surface area contributed by atoms with Gasteiger partial charge in [-0.3, -0.25) is 14.6 Å². The molecule has 0 bridgehead atoms. The van der Waals surface area contributed by atoms with E-state index in [1.54, 1.807) is 12.3 Å². The van der Waals surface area contributed by atoms with Crippen molar-refractivity contribution < 1.29 is 14.3 Å². The van der Waals surface area contributed by atoms with Gasteiger partial charge in [0.05, 0.1) is 11.7 Å². The Balaban J connectivity index is 1.45. The summed E-state index contributed by atoms with van der Waals surface area (Å²) in [5.41, 5.74) is 0.871. The Bertz CT molecular complexity index is 1260. The number of hydrogen-bond acceptors (Lipinski definition) is 8. The minimum absolute atomic E-state index is 0.0645. The Hall–Kier alpha value is -3.13. The van der Waals surface area contributed by atoms with E-state index in [-0.39, 0.29) is 34.7 Å². The van der Waals surface area contributed by atoms with E-state index >= 15 is 0 Å². The zero-order valence-corrected chi connectivity index (χ0v) is 19.2. The molecule has 3 heterocycles. The number of anilines is 3. The smallest absolute Gasteiger partial charge is 0.253 e. The summed E-state index contributed by atoms with van der Waals surface area (Å²) < 4.78 is 11.7. The summed E-state index contributed by atoms with van der Waals surface area (Å²) in [5.74, 6) is 1.57. The van der Waals surface area contributed by atoms with Crippen LogP contribution in [0.4, 0.5) is 17.1 Å². The van der Waals surface area contributed by atoms with E-state index in [0.717, 1.165) is 49.2 Å². The molecule has 0 radical (unpaired) electrons. The Kier molecular flexibility index (Phi) is 5.28. The molecule has 3 N–H and O–H groups in total. The average Bonchev–Trinajstić information content (AvgIpc) is 3.18. The van der Waals surface area contributed by atoms with Crippen LogP contribution in [0.5, 0.6) is 5.75 Å². The van der Waals surface area contributed by atoms with Gasteiger partial charge in [0.25, 0.3) is 10.9 Å². The van der Waals surface area contributed by atoms with Gasteiger partial charge in [-0.2, -0.15) is 0 Å².